The summed E-state index contributed by atoms with van der Waals surface area (Å²) < 4.78 is 37.0. The Bertz CT molecular complexity index is 275. The molecule has 0 amide bonds. The zero-order valence-electron chi connectivity index (χ0n) is 5.38. The standard InChI is InChI=1S/C5H6O5S/c6-11(7,8)10-5-3-1-2-4-9-5/h1-5H,(H,6,7,8). The van der Waals surface area contributed by atoms with Gasteiger partial charge in [0.2, 0.25) is 6.29 Å². The van der Waals surface area contributed by atoms with Gasteiger partial charge in [0.1, 0.15) is 0 Å². The summed E-state index contributed by atoms with van der Waals surface area (Å²) in [6, 6.07) is 0. The van der Waals surface area contributed by atoms with Gasteiger partial charge in [0.15, 0.2) is 0 Å². The molecule has 1 aliphatic heterocycles. The van der Waals surface area contributed by atoms with Gasteiger partial charge in [-0.3, -0.25) is 4.55 Å². The lowest BCUT2D eigenvalue weighted by atomic mass is 10.4. The summed E-state index contributed by atoms with van der Waals surface area (Å²) in [5, 5.41) is 0. The molecule has 62 valence electrons. The van der Waals surface area contributed by atoms with Gasteiger partial charge in [0.25, 0.3) is 0 Å². The van der Waals surface area contributed by atoms with Gasteiger partial charge in [0.05, 0.1) is 6.26 Å². The Morgan fingerprint density at radius 1 is 1.45 bits per heavy atom. The summed E-state index contributed by atoms with van der Waals surface area (Å²) >= 11 is 0. The van der Waals surface area contributed by atoms with Gasteiger partial charge < -0.3 is 4.74 Å². The molecule has 1 heterocycles. The predicted molar refractivity (Wildman–Crippen MR) is 35.8 cm³/mol. The lowest BCUT2D eigenvalue weighted by Crippen LogP contribution is -2.17. The Morgan fingerprint density at radius 2 is 2.18 bits per heavy atom. The predicted octanol–water partition coefficient (Wildman–Crippen LogP) is 0.232. The molecule has 0 aliphatic carbocycles. The molecule has 0 radical (unpaired) electrons. The van der Waals surface area contributed by atoms with Crippen LogP contribution in [0.1, 0.15) is 0 Å². The smallest absolute Gasteiger partial charge is 0.400 e. The molecule has 5 nitrogen and oxygen atoms in total. The van der Waals surface area contributed by atoms with Crippen LogP contribution in [0, 0.1) is 0 Å². The van der Waals surface area contributed by atoms with Crippen LogP contribution in [0.5, 0.6) is 0 Å². The lowest BCUT2D eigenvalue weighted by Gasteiger charge is -2.12. The topological polar surface area (TPSA) is 72.8 Å². The van der Waals surface area contributed by atoms with E-state index in [1.807, 2.05) is 0 Å². The van der Waals surface area contributed by atoms with E-state index in [9.17, 15) is 8.42 Å². The minimum absolute atomic E-state index is 1.06. The number of ether oxygens (including phenoxy) is 1. The van der Waals surface area contributed by atoms with Crippen molar-refractivity contribution in [1.29, 1.82) is 0 Å². The fourth-order valence-electron chi connectivity index (χ4n) is 0.543. The molecule has 0 bridgehead atoms. The van der Waals surface area contributed by atoms with Crippen LogP contribution in [-0.2, 0) is 19.3 Å². The summed E-state index contributed by atoms with van der Waals surface area (Å²) in [5.74, 6) is 0. The molecule has 0 saturated carbocycles. The van der Waals surface area contributed by atoms with Crippen molar-refractivity contribution in [3.63, 3.8) is 0 Å². The first-order chi connectivity index (χ1) is 5.08. The molecule has 11 heavy (non-hydrogen) atoms. The maximum Gasteiger partial charge on any atom is 0.400 e. The van der Waals surface area contributed by atoms with Crippen molar-refractivity contribution in [1.82, 2.24) is 0 Å². The third-order valence-corrected chi connectivity index (χ3v) is 1.32. The molecule has 1 N–H and O–H groups in total. The Labute approximate surface area is 63.9 Å². The Hall–Kier alpha value is -0.850. The minimum atomic E-state index is -4.43. The number of allylic oxidation sites excluding steroid dienone is 2. The average Bonchev–Trinajstić information content (AvgIpc) is 1.85. The van der Waals surface area contributed by atoms with Crippen LogP contribution in [0.4, 0.5) is 0 Å². The fourth-order valence-corrected chi connectivity index (χ4v) is 0.892. The third-order valence-electron chi connectivity index (χ3n) is 0.887. The third kappa shape index (κ3) is 3.17. The van der Waals surface area contributed by atoms with E-state index in [-0.39, 0.29) is 0 Å². The molecular formula is C5H6O5S. The first-order valence-electron chi connectivity index (χ1n) is 2.72. The van der Waals surface area contributed by atoms with Gasteiger partial charge in [-0.2, -0.15) is 8.42 Å². The van der Waals surface area contributed by atoms with E-state index >= 15 is 0 Å². The quantitative estimate of drug-likeness (QED) is 0.613. The summed E-state index contributed by atoms with van der Waals surface area (Å²) in [7, 11) is -4.43. The molecule has 1 unspecified atom stereocenters. The summed E-state index contributed by atoms with van der Waals surface area (Å²) in [6.45, 7) is 0. The van der Waals surface area contributed by atoms with E-state index in [2.05, 4.69) is 8.92 Å². The Balaban J connectivity index is 2.52. The number of hydrogen-bond donors (Lipinski definition) is 1. The highest BCUT2D eigenvalue weighted by molar-refractivity contribution is 7.80. The molecule has 0 fully saturated rings. The fraction of sp³-hybridized carbons (Fsp3) is 0.200. The molecule has 1 atom stereocenters. The molecule has 0 aromatic carbocycles. The molecule has 0 aromatic heterocycles. The van der Waals surface area contributed by atoms with Crippen LogP contribution in [0.3, 0.4) is 0 Å². The van der Waals surface area contributed by atoms with E-state index in [0.717, 1.165) is 0 Å². The van der Waals surface area contributed by atoms with E-state index in [1.165, 1.54) is 12.3 Å². The van der Waals surface area contributed by atoms with Crippen molar-refractivity contribution in [2.45, 2.75) is 6.29 Å². The van der Waals surface area contributed by atoms with Crippen molar-refractivity contribution in [2.75, 3.05) is 0 Å². The monoisotopic (exact) mass is 178 g/mol. The van der Waals surface area contributed by atoms with Gasteiger partial charge in [-0.25, -0.2) is 4.18 Å². The first kappa shape index (κ1) is 8.25. The molecule has 6 heteroatoms. The Morgan fingerprint density at radius 3 is 2.64 bits per heavy atom. The second-order valence-electron chi connectivity index (χ2n) is 1.74. The number of rotatable bonds is 2. The summed E-state index contributed by atoms with van der Waals surface area (Å²) in [5.41, 5.74) is 0. The van der Waals surface area contributed by atoms with E-state index < -0.39 is 16.7 Å². The maximum absolute atomic E-state index is 10.1. The van der Waals surface area contributed by atoms with Gasteiger partial charge in [-0.05, 0) is 12.2 Å². The van der Waals surface area contributed by atoms with Crippen molar-refractivity contribution < 1.29 is 21.9 Å². The van der Waals surface area contributed by atoms with Crippen LogP contribution < -0.4 is 0 Å². The Kier molecular flexibility index (Phi) is 2.28. The van der Waals surface area contributed by atoms with Crippen LogP contribution in [-0.4, -0.2) is 19.3 Å². The van der Waals surface area contributed by atoms with Crippen molar-refractivity contribution >= 4 is 10.4 Å². The SMILES string of the molecule is O=S(=O)(O)OC1C=CC=CO1. The zero-order valence-corrected chi connectivity index (χ0v) is 6.19. The van der Waals surface area contributed by atoms with E-state index in [1.54, 1.807) is 12.2 Å². The molecular weight excluding hydrogens is 172 g/mol. The van der Waals surface area contributed by atoms with Crippen molar-refractivity contribution in [3.8, 4) is 0 Å². The van der Waals surface area contributed by atoms with Crippen molar-refractivity contribution in [3.05, 3.63) is 24.5 Å². The molecule has 1 rings (SSSR count). The largest absolute Gasteiger partial charge is 0.468 e. The van der Waals surface area contributed by atoms with Crippen LogP contribution in [0.25, 0.3) is 0 Å². The normalized spacial score (nSPS) is 23.2. The van der Waals surface area contributed by atoms with Gasteiger partial charge >= 0.3 is 10.4 Å². The van der Waals surface area contributed by atoms with E-state index in [4.69, 9.17) is 4.55 Å². The molecule has 0 spiro atoms. The molecule has 1 aliphatic rings. The van der Waals surface area contributed by atoms with Gasteiger partial charge in [0, 0.05) is 0 Å². The van der Waals surface area contributed by atoms with E-state index in [0.29, 0.717) is 0 Å². The summed E-state index contributed by atoms with van der Waals surface area (Å²) in [4.78, 5) is 0. The number of hydrogen-bond acceptors (Lipinski definition) is 4. The second kappa shape index (κ2) is 3.04. The molecule has 0 aromatic rings. The average molecular weight is 178 g/mol. The van der Waals surface area contributed by atoms with Crippen LogP contribution in [0.2, 0.25) is 0 Å². The van der Waals surface area contributed by atoms with Crippen molar-refractivity contribution in [2.24, 2.45) is 0 Å². The first-order valence-corrected chi connectivity index (χ1v) is 4.09. The van der Waals surface area contributed by atoms with Gasteiger partial charge in [-0.1, -0.05) is 6.08 Å². The van der Waals surface area contributed by atoms with Gasteiger partial charge in [-0.15, -0.1) is 0 Å². The van der Waals surface area contributed by atoms with Crippen LogP contribution >= 0.6 is 0 Å². The minimum Gasteiger partial charge on any atom is -0.468 e. The second-order valence-corrected chi connectivity index (χ2v) is 2.79. The lowest BCUT2D eigenvalue weighted by molar-refractivity contribution is 0.00500. The maximum atomic E-state index is 10.1. The molecule has 0 saturated heterocycles. The van der Waals surface area contributed by atoms with Crippen LogP contribution in [0.15, 0.2) is 24.5 Å². The highest BCUT2D eigenvalue weighted by Gasteiger charge is 2.14. The summed E-state index contributed by atoms with van der Waals surface area (Å²) in [6.07, 6.45) is 4.64. The highest BCUT2D eigenvalue weighted by Crippen LogP contribution is 2.05. The zero-order chi connectivity index (χ0) is 8.32. The highest BCUT2D eigenvalue weighted by atomic mass is 32.3.